The van der Waals surface area contributed by atoms with Crippen LogP contribution in [-0.2, 0) is 4.79 Å². The van der Waals surface area contributed by atoms with Crippen LogP contribution in [-0.4, -0.2) is 23.4 Å². The average Bonchev–Trinajstić information content (AvgIpc) is 2.46. The van der Waals surface area contributed by atoms with E-state index < -0.39 is 5.91 Å². The number of nitrogens with two attached hydrogens (primary N) is 1. The molecule has 0 fully saturated rings. The van der Waals surface area contributed by atoms with Crippen LogP contribution < -0.4 is 21.3 Å². The molecule has 0 saturated carbocycles. The van der Waals surface area contributed by atoms with Crippen molar-refractivity contribution in [1.82, 2.24) is 4.98 Å². The van der Waals surface area contributed by atoms with E-state index in [1.807, 2.05) is 0 Å². The lowest BCUT2D eigenvalue weighted by Gasteiger charge is -2.08. The second-order valence-corrected chi connectivity index (χ2v) is 4.18. The highest BCUT2D eigenvalue weighted by molar-refractivity contribution is 6.04. The van der Waals surface area contributed by atoms with Gasteiger partial charge in [0.1, 0.15) is 5.75 Å². The van der Waals surface area contributed by atoms with E-state index in [1.165, 1.54) is 18.3 Å². The van der Waals surface area contributed by atoms with E-state index in [1.54, 1.807) is 24.3 Å². The number of carbonyl (C=O) groups excluding carboxylic acids is 2. The number of amides is 2. The highest BCUT2D eigenvalue weighted by Gasteiger charge is 2.07. The summed E-state index contributed by atoms with van der Waals surface area (Å²) in [5.41, 5.74) is 5.51. The van der Waals surface area contributed by atoms with Crippen LogP contribution in [0, 0.1) is 0 Å². The van der Waals surface area contributed by atoms with Crippen LogP contribution in [0.1, 0.15) is 10.4 Å². The van der Waals surface area contributed by atoms with Crippen molar-refractivity contribution in [3.63, 3.8) is 0 Å². The van der Waals surface area contributed by atoms with Crippen molar-refractivity contribution in [1.29, 1.82) is 0 Å². The molecule has 1 aromatic carbocycles. The molecule has 1 aromatic heterocycles. The van der Waals surface area contributed by atoms with Crippen LogP contribution in [0.2, 0.25) is 0 Å². The maximum absolute atomic E-state index is 12.0. The highest BCUT2D eigenvalue weighted by Crippen LogP contribution is 2.17. The average molecular weight is 287 g/mol. The maximum atomic E-state index is 12.0. The van der Waals surface area contributed by atoms with Gasteiger partial charge in [0.25, 0.3) is 11.8 Å². The molecule has 2 rings (SSSR count). The lowest BCUT2D eigenvalue weighted by molar-refractivity contribution is -0.119. The number of benzene rings is 1. The maximum Gasteiger partial charge on any atom is 0.257 e. The fraction of sp³-hybridized carbons (Fsp3) is 0.0714. The highest BCUT2D eigenvalue weighted by atomic mass is 16.5. The predicted octanol–water partition coefficient (Wildman–Crippen LogP) is 0.491. The minimum atomic E-state index is -0.585. The van der Waals surface area contributed by atoms with Gasteiger partial charge in [-0.05, 0) is 18.2 Å². The summed E-state index contributed by atoms with van der Waals surface area (Å²) < 4.78 is 5.14. The van der Waals surface area contributed by atoms with Crippen LogP contribution in [0.25, 0.3) is 0 Å². The van der Waals surface area contributed by atoms with Crippen LogP contribution in [0.4, 0.5) is 5.69 Å². The third-order valence-electron chi connectivity index (χ3n) is 2.52. The molecule has 0 aliphatic carbocycles. The van der Waals surface area contributed by atoms with E-state index in [9.17, 15) is 14.4 Å². The summed E-state index contributed by atoms with van der Waals surface area (Å²) in [6.45, 7) is -0.239. The molecule has 21 heavy (non-hydrogen) atoms. The second-order valence-electron chi connectivity index (χ2n) is 4.18. The molecule has 0 aliphatic heterocycles. The van der Waals surface area contributed by atoms with Crippen molar-refractivity contribution in [3.05, 3.63) is 58.5 Å². The number of pyridine rings is 1. The van der Waals surface area contributed by atoms with E-state index in [4.69, 9.17) is 10.5 Å². The molecular weight excluding hydrogens is 274 g/mol. The molecule has 1 heterocycles. The molecule has 0 aliphatic rings. The van der Waals surface area contributed by atoms with Crippen molar-refractivity contribution < 1.29 is 14.3 Å². The number of hydrogen-bond donors (Lipinski definition) is 3. The first-order chi connectivity index (χ1) is 10.0. The fourth-order valence-corrected chi connectivity index (χ4v) is 1.57. The molecule has 108 valence electrons. The molecule has 7 heteroatoms. The van der Waals surface area contributed by atoms with Gasteiger partial charge >= 0.3 is 0 Å². The van der Waals surface area contributed by atoms with E-state index in [-0.39, 0.29) is 18.1 Å². The molecule has 0 unspecified atom stereocenters. The summed E-state index contributed by atoms with van der Waals surface area (Å²) in [7, 11) is 0. The van der Waals surface area contributed by atoms with Crippen LogP contribution >= 0.6 is 0 Å². The van der Waals surface area contributed by atoms with Gasteiger partial charge in [-0.2, -0.15) is 0 Å². The fourth-order valence-electron chi connectivity index (χ4n) is 1.57. The van der Waals surface area contributed by atoms with Crippen molar-refractivity contribution >= 4 is 17.5 Å². The Balaban J connectivity index is 2.06. The zero-order valence-corrected chi connectivity index (χ0v) is 11.0. The number of primary amides is 1. The lowest BCUT2D eigenvalue weighted by Crippen LogP contribution is -2.20. The molecule has 0 saturated heterocycles. The van der Waals surface area contributed by atoms with Gasteiger partial charge in [-0.25, -0.2) is 0 Å². The number of carbonyl (C=O) groups is 2. The Morgan fingerprint density at radius 2 is 2.05 bits per heavy atom. The minimum absolute atomic E-state index is 0.239. The van der Waals surface area contributed by atoms with Gasteiger partial charge in [-0.15, -0.1) is 0 Å². The van der Waals surface area contributed by atoms with Gasteiger partial charge in [-0.1, -0.05) is 6.07 Å². The lowest BCUT2D eigenvalue weighted by atomic mass is 10.2. The predicted molar refractivity (Wildman–Crippen MR) is 76.1 cm³/mol. The van der Waals surface area contributed by atoms with Gasteiger partial charge in [-0.3, -0.25) is 14.4 Å². The number of nitrogens with one attached hydrogen (secondary N) is 2. The summed E-state index contributed by atoms with van der Waals surface area (Å²) in [5.74, 6) is -0.552. The third-order valence-corrected chi connectivity index (χ3v) is 2.52. The molecule has 0 atom stereocenters. The third kappa shape index (κ3) is 4.20. The SMILES string of the molecule is NC(=O)COc1cccc(NC(=O)c2ccc(=O)[nH]c2)c1. The molecule has 4 N–H and O–H groups in total. The van der Waals surface area contributed by atoms with Crippen LogP contribution in [0.3, 0.4) is 0 Å². The first-order valence-corrected chi connectivity index (χ1v) is 6.06. The molecule has 7 nitrogen and oxygen atoms in total. The Morgan fingerprint density at radius 1 is 1.24 bits per heavy atom. The number of ether oxygens (including phenoxy) is 1. The van der Waals surface area contributed by atoms with E-state index in [2.05, 4.69) is 10.3 Å². The first-order valence-electron chi connectivity index (χ1n) is 6.06. The number of aromatic nitrogens is 1. The normalized spacial score (nSPS) is 9.90. The molecule has 0 spiro atoms. The Bertz CT molecular complexity index is 704. The minimum Gasteiger partial charge on any atom is -0.484 e. The van der Waals surface area contributed by atoms with E-state index in [0.717, 1.165) is 0 Å². The standard InChI is InChI=1S/C14H13N3O4/c15-12(18)8-21-11-3-1-2-10(6-11)17-14(20)9-4-5-13(19)16-7-9/h1-7H,8H2,(H2,15,18)(H,16,19)(H,17,20). The zero-order valence-electron chi connectivity index (χ0n) is 11.0. The molecular formula is C14H13N3O4. The van der Waals surface area contributed by atoms with Gasteiger partial charge in [0.2, 0.25) is 5.56 Å². The molecule has 0 radical (unpaired) electrons. The summed E-state index contributed by atoms with van der Waals surface area (Å²) in [6, 6.07) is 9.22. The first kappa shape index (κ1) is 14.3. The van der Waals surface area contributed by atoms with E-state index in [0.29, 0.717) is 17.0 Å². The van der Waals surface area contributed by atoms with Crippen molar-refractivity contribution in [2.45, 2.75) is 0 Å². The second kappa shape index (κ2) is 6.38. The number of hydrogen-bond acceptors (Lipinski definition) is 4. The van der Waals surface area contributed by atoms with Gasteiger partial charge in [0.15, 0.2) is 6.61 Å². The quantitative estimate of drug-likeness (QED) is 0.742. The van der Waals surface area contributed by atoms with Crippen molar-refractivity contribution in [3.8, 4) is 5.75 Å². The smallest absolute Gasteiger partial charge is 0.257 e. The number of rotatable bonds is 5. The van der Waals surface area contributed by atoms with Crippen LogP contribution in [0.15, 0.2) is 47.4 Å². The van der Waals surface area contributed by atoms with Gasteiger partial charge in [0, 0.05) is 24.0 Å². The summed E-state index contributed by atoms with van der Waals surface area (Å²) in [5, 5.41) is 2.65. The van der Waals surface area contributed by atoms with Gasteiger partial charge < -0.3 is 20.8 Å². The molecule has 0 bridgehead atoms. The van der Waals surface area contributed by atoms with Crippen molar-refractivity contribution in [2.75, 3.05) is 11.9 Å². The Morgan fingerprint density at radius 3 is 2.71 bits per heavy atom. The Kier molecular flexibility index (Phi) is 4.35. The monoisotopic (exact) mass is 287 g/mol. The summed E-state index contributed by atoms with van der Waals surface area (Å²) in [6.07, 6.45) is 1.32. The molecule has 2 amide bonds. The van der Waals surface area contributed by atoms with Gasteiger partial charge in [0.05, 0.1) is 5.56 Å². The van der Waals surface area contributed by atoms with Crippen LogP contribution in [0.5, 0.6) is 5.75 Å². The number of aromatic amines is 1. The summed E-state index contributed by atoms with van der Waals surface area (Å²) >= 11 is 0. The zero-order chi connectivity index (χ0) is 15.2. The summed E-state index contributed by atoms with van der Waals surface area (Å²) in [4.78, 5) is 36.0. The number of anilines is 1. The number of H-pyrrole nitrogens is 1. The Hall–Kier alpha value is -3.09. The largest absolute Gasteiger partial charge is 0.484 e. The molecule has 2 aromatic rings. The van der Waals surface area contributed by atoms with Crippen molar-refractivity contribution in [2.24, 2.45) is 5.73 Å². The van der Waals surface area contributed by atoms with E-state index >= 15 is 0 Å². The topological polar surface area (TPSA) is 114 Å². The Labute approximate surface area is 119 Å².